The van der Waals surface area contributed by atoms with Crippen LogP contribution in [0.3, 0.4) is 0 Å². The van der Waals surface area contributed by atoms with Gasteiger partial charge in [0.05, 0.1) is 23.2 Å². The molecular formula is C46H68N2O5S. The average molecular weight is 761 g/mol. The molecule has 7 aliphatic rings. The second kappa shape index (κ2) is 13.3. The molecule has 6 aliphatic carbocycles. The Morgan fingerprint density at radius 3 is 2.33 bits per heavy atom. The number of fused-ring (bicyclic) bond motifs is 8. The van der Waals surface area contributed by atoms with Crippen molar-refractivity contribution in [3.63, 3.8) is 0 Å². The van der Waals surface area contributed by atoms with E-state index in [2.05, 4.69) is 64.4 Å². The minimum absolute atomic E-state index is 0.0177. The van der Waals surface area contributed by atoms with E-state index in [9.17, 15) is 23.4 Å². The Labute approximate surface area is 325 Å². The lowest BCUT2D eigenvalue weighted by atomic mass is 9.33. The number of carboxylic acids is 1. The molecule has 1 aromatic rings. The molecule has 8 heteroatoms. The number of allylic oxidation sites excluding steroid dienone is 3. The van der Waals surface area contributed by atoms with E-state index >= 15 is 0 Å². The van der Waals surface area contributed by atoms with Gasteiger partial charge in [-0.05, 0) is 157 Å². The second-order valence-corrected chi connectivity index (χ2v) is 22.9. The average Bonchev–Trinajstić information content (AvgIpc) is 3.63. The summed E-state index contributed by atoms with van der Waals surface area (Å²) >= 11 is 0. The zero-order valence-corrected chi connectivity index (χ0v) is 34.8. The number of hydrogen-bond donors (Lipinski definition) is 3. The predicted octanol–water partition coefficient (Wildman–Crippen LogP) is 8.11. The van der Waals surface area contributed by atoms with E-state index in [1.54, 1.807) is 12.1 Å². The maximum atomic E-state index is 12.7. The van der Waals surface area contributed by atoms with Gasteiger partial charge in [-0.2, -0.15) is 0 Å². The molecule has 1 aliphatic heterocycles. The lowest BCUT2D eigenvalue weighted by Gasteiger charge is -2.73. The van der Waals surface area contributed by atoms with E-state index in [4.69, 9.17) is 0 Å². The smallest absolute Gasteiger partial charge is 0.335 e. The molecule has 3 N–H and O–H groups in total. The fourth-order valence-corrected chi connectivity index (χ4v) is 18.0. The molecule has 7 nitrogen and oxygen atoms in total. The van der Waals surface area contributed by atoms with Crippen molar-refractivity contribution in [3.05, 3.63) is 53.6 Å². The number of β-amino-alcohol motifs (C(OH)–C–C–N with tert-alkyl or cyclic N) is 1. The first-order valence-electron chi connectivity index (χ1n) is 21.4. The van der Waals surface area contributed by atoms with E-state index in [-0.39, 0.29) is 39.1 Å². The van der Waals surface area contributed by atoms with E-state index < -0.39 is 15.8 Å². The Kier molecular flexibility index (Phi) is 9.55. The zero-order valence-electron chi connectivity index (χ0n) is 34.0. The SMILES string of the molecule is C=C(C)[C@@H]1CC[C@]2(N(CCO)CCNC[C@@H]3C4CC4CS3(=O)=O)CC[C@]3(C)[C@H](CC[C@@H]4[C@@]5(C)CC=C(c6ccc(C(=O)O)cc6)C(C)(C)[C@@H]5CC[C@]43C)[C@@H]12. The van der Waals surface area contributed by atoms with Crippen molar-refractivity contribution in [2.45, 2.75) is 117 Å². The van der Waals surface area contributed by atoms with Crippen molar-refractivity contribution in [1.82, 2.24) is 10.2 Å². The van der Waals surface area contributed by atoms with Gasteiger partial charge in [0.15, 0.2) is 9.84 Å². The highest BCUT2D eigenvalue weighted by Crippen LogP contribution is 2.77. The first-order valence-corrected chi connectivity index (χ1v) is 23.1. The lowest BCUT2D eigenvalue weighted by molar-refractivity contribution is -0.228. The molecule has 8 rings (SSSR count). The molecule has 0 radical (unpaired) electrons. The monoisotopic (exact) mass is 760 g/mol. The summed E-state index contributed by atoms with van der Waals surface area (Å²) in [7, 11) is -2.97. The minimum Gasteiger partial charge on any atom is -0.478 e. The predicted molar refractivity (Wildman–Crippen MR) is 217 cm³/mol. The highest BCUT2D eigenvalue weighted by atomic mass is 32.2. The molecule has 54 heavy (non-hydrogen) atoms. The van der Waals surface area contributed by atoms with Crippen LogP contribution in [0.2, 0.25) is 0 Å². The molecule has 0 bridgehead atoms. The lowest BCUT2D eigenvalue weighted by Crippen LogP contribution is -2.68. The Balaban J connectivity index is 1.06. The van der Waals surface area contributed by atoms with Crippen LogP contribution >= 0.6 is 0 Å². The largest absolute Gasteiger partial charge is 0.478 e. The number of sulfone groups is 1. The third kappa shape index (κ3) is 5.63. The molecule has 2 unspecified atom stereocenters. The Morgan fingerprint density at radius 1 is 0.944 bits per heavy atom. The third-order valence-electron chi connectivity index (χ3n) is 18.3. The number of hydrogen-bond acceptors (Lipinski definition) is 6. The van der Waals surface area contributed by atoms with Gasteiger partial charge < -0.3 is 15.5 Å². The highest BCUT2D eigenvalue weighted by Gasteiger charge is 2.71. The van der Waals surface area contributed by atoms with Gasteiger partial charge in [-0.25, -0.2) is 13.2 Å². The van der Waals surface area contributed by atoms with Crippen LogP contribution in [-0.2, 0) is 9.84 Å². The summed E-state index contributed by atoms with van der Waals surface area (Å²) < 4.78 is 25.5. The van der Waals surface area contributed by atoms with Crippen molar-refractivity contribution in [1.29, 1.82) is 0 Å². The van der Waals surface area contributed by atoms with Crippen molar-refractivity contribution >= 4 is 21.4 Å². The number of carbonyl (C=O) groups is 1. The highest BCUT2D eigenvalue weighted by molar-refractivity contribution is 7.92. The van der Waals surface area contributed by atoms with Gasteiger partial charge in [-0.1, -0.05) is 65.0 Å². The Hall–Kier alpha value is -2.00. The number of benzene rings is 1. The van der Waals surface area contributed by atoms with Crippen molar-refractivity contribution in [3.8, 4) is 0 Å². The number of aliphatic hydroxyl groups is 1. The zero-order chi connectivity index (χ0) is 38.6. The Bertz CT molecular complexity index is 1800. The van der Waals surface area contributed by atoms with Crippen molar-refractivity contribution in [2.75, 3.05) is 38.5 Å². The van der Waals surface area contributed by atoms with Gasteiger partial charge in [0.1, 0.15) is 0 Å². The van der Waals surface area contributed by atoms with Crippen molar-refractivity contribution < 1.29 is 23.4 Å². The number of nitrogens with zero attached hydrogens (tertiary/aromatic N) is 1. The number of nitrogens with one attached hydrogen (secondary N) is 1. The molecule has 6 fully saturated rings. The van der Waals surface area contributed by atoms with Crippen LogP contribution in [0.15, 0.2) is 42.5 Å². The van der Waals surface area contributed by atoms with Gasteiger partial charge in [-0.3, -0.25) is 4.90 Å². The van der Waals surface area contributed by atoms with E-state index in [1.807, 2.05) is 12.1 Å². The molecule has 0 aromatic heterocycles. The second-order valence-electron chi connectivity index (χ2n) is 20.7. The van der Waals surface area contributed by atoms with Gasteiger partial charge in [-0.15, -0.1) is 0 Å². The summed E-state index contributed by atoms with van der Waals surface area (Å²) in [4.78, 5) is 14.3. The van der Waals surface area contributed by atoms with Gasteiger partial charge in [0.25, 0.3) is 0 Å². The quantitative estimate of drug-likeness (QED) is 0.155. The van der Waals surface area contributed by atoms with Crippen LogP contribution in [0.4, 0.5) is 0 Å². The normalized spacial score (nSPS) is 44.0. The number of rotatable bonds is 11. The standard InChI is InChI=1S/C46H68N2O5S/c1-29(2)33-14-19-46(48(24-25-49)23-22-47-27-37-34-26-32(34)28-54(37,52)53)21-20-44(6)36(40(33)46)12-13-39-43(5)17-15-35(30-8-10-31(11-9-30)41(50)51)42(3,4)38(43)16-18-45(39,44)7/h8-11,15,32-34,36-40,47,49H,1,12-14,16-28H2,2-7H3,(H,50,51)/t32?,33-,34?,36+,37+,38-,39+,40+,43-,44+,45+,46-/m0/s1. The fraction of sp³-hybridized carbons (Fsp3) is 0.761. The van der Waals surface area contributed by atoms with Crippen LogP contribution in [0.25, 0.3) is 5.57 Å². The van der Waals surface area contributed by atoms with Crippen LogP contribution < -0.4 is 5.32 Å². The molecule has 1 heterocycles. The summed E-state index contributed by atoms with van der Waals surface area (Å²) in [5.41, 5.74) is 4.83. The summed E-state index contributed by atoms with van der Waals surface area (Å²) in [6.07, 6.45) is 14.3. The van der Waals surface area contributed by atoms with Gasteiger partial charge >= 0.3 is 5.97 Å². The van der Waals surface area contributed by atoms with Crippen LogP contribution in [-0.4, -0.2) is 78.8 Å². The van der Waals surface area contributed by atoms with Crippen LogP contribution in [0.1, 0.15) is 122 Å². The molecular weight excluding hydrogens is 693 g/mol. The first-order chi connectivity index (χ1) is 25.4. The van der Waals surface area contributed by atoms with Crippen molar-refractivity contribution in [2.24, 2.45) is 63.1 Å². The van der Waals surface area contributed by atoms with Gasteiger partial charge in [0, 0.05) is 31.7 Å². The molecule has 298 valence electrons. The molecule has 0 amide bonds. The Morgan fingerprint density at radius 2 is 1.69 bits per heavy atom. The molecule has 0 spiro atoms. The van der Waals surface area contributed by atoms with Gasteiger partial charge in [0.2, 0.25) is 0 Å². The molecule has 5 saturated carbocycles. The molecule has 1 saturated heterocycles. The number of aliphatic hydroxyl groups excluding tert-OH is 1. The topological polar surface area (TPSA) is 107 Å². The summed E-state index contributed by atoms with van der Waals surface area (Å²) in [6.45, 7) is 22.8. The van der Waals surface area contributed by atoms with Crippen LogP contribution in [0.5, 0.6) is 0 Å². The summed E-state index contributed by atoms with van der Waals surface area (Å²) in [5.74, 6) is 3.04. The third-order valence-corrected chi connectivity index (χ3v) is 20.6. The maximum absolute atomic E-state index is 12.7. The fourth-order valence-electron chi connectivity index (χ4n) is 15.6. The van der Waals surface area contributed by atoms with E-state index in [1.165, 1.54) is 49.7 Å². The minimum atomic E-state index is -2.97. The number of carboxylic acid groups (broad SMARTS) is 1. The number of aromatic carboxylic acids is 1. The molecule has 12 atom stereocenters. The summed E-state index contributed by atoms with van der Waals surface area (Å²) in [5, 5.41) is 23.4. The van der Waals surface area contributed by atoms with E-state index in [0.717, 1.165) is 44.3 Å². The first kappa shape index (κ1) is 38.9. The summed E-state index contributed by atoms with van der Waals surface area (Å²) in [6, 6.07) is 7.56. The van der Waals surface area contributed by atoms with E-state index in [0.29, 0.717) is 65.8 Å². The maximum Gasteiger partial charge on any atom is 0.335 e. The van der Waals surface area contributed by atoms with Crippen LogP contribution in [0, 0.1) is 63.1 Å². The molecule has 1 aromatic carbocycles.